The minimum Gasteiger partial charge on any atom is -0.497 e. The molecule has 0 spiro atoms. The molecule has 0 aliphatic carbocycles. The molecule has 0 unspecified atom stereocenters. The highest BCUT2D eigenvalue weighted by molar-refractivity contribution is 5.34. The standard InChI is InChI=1S/C15H22N6O2/c1-22-12-2-4-13(5-3-12)23-11-10-20-6-8-21(9-7-20)15-17-14(16)18-19-15/h2-5H,6-11H2,1H3,(H3,16,17,18,19). The fourth-order valence-corrected chi connectivity index (χ4v) is 2.56. The second-order valence-corrected chi connectivity index (χ2v) is 5.37. The van der Waals surface area contributed by atoms with Crippen molar-refractivity contribution >= 4 is 11.9 Å². The van der Waals surface area contributed by atoms with Gasteiger partial charge in [-0.05, 0) is 24.3 Å². The van der Waals surface area contributed by atoms with Crippen LogP contribution in [0.5, 0.6) is 11.5 Å². The van der Waals surface area contributed by atoms with E-state index >= 15 is 0 Å². The third kappa shape index (κ3) is 4.04. The van der Waals surface area contributed by atoms with E-state index in [2.05, 4.69) is 25.0 Å². The van der Waals surface area contributed by atoms with Crippen molar-refractivity contribution in [2.75, 3.05) is 57.1 Å². The molecule has 8 heteroatoms. The second kappa shape index (κ2) is 7.19. The maximum atomic E-state index is 5.77. The van der Waals surface area contributed by atoms with Crippen LogP contribution in [0.2, 0.25) is 0 Å². The molecular formula is C15H22N6O2. The van der Waals surface area contributed by atoms with Crippen LogP contribution in [-0.2, 0) is 0 Å². The number of hydrogen-bond donors (Lipinski definition) is 2. The summed E-state index contributed by atoms with van der Waals surface area (Å²) < 4.78 is 10.9. The van der Waals surface area contributed by atoms with Crippen LogP contribution in [0.4, 0.5) is 11.9 Å². The van der Waals surface area contributed by atoms with E-state index in [4.69, 9.17) is 15.2 Å². The summed E-state index contributed by atoms with van der Waals surface area (Å²) in [6, 6.07) is 7.64. The van der Waals surface area contributed by atoms with Gasteiger partial charge in [-0.15, -0.1) is 5.10 Å². The molecule has 1 aliphatic rings. The molecule has 0 atom stereocenters. The van der Waals surface area contributed by atoms with Crippen LogP contribution in [0.25, 0.3) is 0 Å². The molecule has 3 N–H and O–H groups in total. The topological polar surface area (TPSA) is 92.5 Å². The fraction of sp³-hybridized carbons (Fsp3) is 0.467. The normalized spacial score (nSPS) is 15.6. The molecular weight excluding hydrogens is 296 g/mol. The average molecular weight is 318 g/mol. The molecule has 1 aliphatic heterocycles. The predicted molar refractivity (Wildman–Crippen MR) is 87.9 cm³/mol. The Hall–Kier alpha value is -2.48. The zero-order chi connectivity index (χ0) is 16.1. The van der Waals surface area contributed by atoms with Gasteiger partial charge in [0.05, 0.1) is 7.11 Å². The molecule has 1 fully saturated rings. The smallest absolute Gasteiger partial charge is 0.241 e. The molecule has 8 nitrogen and oxygen atoms in total. The Morgan fingerprint density at radius 3 is 2.43 bits per heavy atom. The molecule has 0 amide bonds. The van der Waals surface area contributed by atoms with Crippen molar-refractivity contribution in [1.29, 1.82) is 0 Å². The van der Waals surface area contributed by atoms with Crippen LogP contribution in [0.1, 0.15) is 0 Å². The largest absolute Gasteiger partial charge is 0.497 e. The molecule has 0 radical (unpaired) electrons. The summed E-state index contributed by atoms with van der Waals surface area (Å²) >= 11 is 0. The number of piperazine rings is 1. The van der Waals surface area contributed by atoms with E-state index < -0.39 is 0 Å². The highest BCUT2D eigenvalue weighted by atomic mass is 16.5. The van der Waals surface area contributed by atoms with Crippen molar-refractivity contribution in [3.8, 4) is 11.5 Å². The van der Waals surface area contributed by atoms with Gasteiger partial charge in [0.1, 0.15) is 18.1 Å². The van der Waals surface area contributed by atoms with E-state index in [9.17, 15) is 0 Å². The van der Waals surface area contributed by atoms with Crippen molar-refractivity contribution < 1.29 is 9.47 Å². The Kier molecular flexibility index (Phi) is 4.82. The maximum absolute atomic E-state index is 5.77. The minimum atomic E-state index is 0.287. The molecule has 124 valence electrons. The molecule has 1 aromatic carbocycles. The number of aromatic amines is 1. The zero-order valence-electron chi connectivity index (χ0n) is 13.2. The summed E-state index contributed by atoms with van der Waals surface area (Å²) in [6.07, 6.45) is 0. The van der Waals surface area contributed by atoms with Gasteiger partial charge in [-0.1, -0.05) is 0 Å². The van der Waals surface area contributed by atoms with Crippen LogP contribution >= 0.6 is 0 Å². The van der Waals surface area contributed by atoms with Gasteiger partial charge in [0.2, 0.25) is 11.9 Å². The Labute approximate surface area is 135 Å². The van der Waals surface area contributed by atoms with Crippen LogP contribution in [0, 0.1) is 0 Å². The number of nitrogen functional groups attached to an aromatic ring is 1. The van der Waals surface area contributed by atoms with Gasteiger partial charge >= 0.3 is 0 Å². The lowest BCUT2D eigenvalue weighted by molar-refractivity contribution is 0.200. The lowest BCUT2D eigenvalue weighted by atomic mass is 10.3. The second-order valence-electron chi connectivity index (χ2n) is 5.37. The highest BCUT2D eigenvalue weighted by Gasteiger charge is 2.19. The van der Waals surface area contributed by atoms with Gasteiger partial charge in [0.25, 0.3) is 0 Å². The first-order valence-electron chi connectivity index (χ1n) is 7.66. The number of rotatable bonds is 6. The Morgan fingerprint density at radius 2 is 1.83 bits per heavy atom. The van der Waals surface area contributed by atoms with Crippen molar-refractivity contribution in [1.82, 2.24) is 20.1 Å². The number of ether oxygens (including phenoxy) is 2. The highest BCUT2D eigenvalue weighted by Crippen LogP contribution is 2.17. The van der Waals surface area contributed by atoms with Gasteiger partial charge in [0.15, 0.2) is 0 Å². The Morgan fingerprint density at radius 1 is 1.13 bits per heavy atom. The number of hydrogen-bond acceptors (Lipinski definition) is 7. The summed E-state index contributed by atoms with van der Waals surface area (Å²) in [7, 11) is 1.66. The van der Waals surface area contributed by atoms with E-state index in [-0.39, 0.29) is 5.95 Å². The van der Waals surface area contributed by atoms with Crippen molar-refractivity contribution in [2.45, 2.75) is 0 Å². The maximum Gasteiger partial charge on any atom is 0.241 e. The van der Waals surface area contributed by atoms with Gasteiger partial charge < -0.3 is 20.1 Å². The van der Waals surface area contributed by atoms with Crippen LogP contribution < -0.4 is 20.1 Å². The van der Waals surface area contributed by atoms with Crippen molar-refractivity contribution in [3.05, 3.63) is 24.3 Å². The lowest BCUT2D eigenvalue weighted by Crippen LogP contribution is -2.47. The van der Waals surface area contributed by atoms with Crippen LogP contribution in [0.15, 0.2) is 24.3 Å². The molecule has 0 saturated carbocycles. The number of nitrogens with two attached hydrogens (primary N) is 1. The number of methoxy groups -OCH3 is 1. The summed E-state index contributed by atoms with van der Waals surface area (Å²) in [6.45, 7) is 5.30. The molecule has 3 rings (SSSR count). The monoisotopic (exact) mass is 318 g/mol. The van der Waals surface area contributed by atoms with Gasteiger partial charge in [0, 0.05) is 32.7 Å². The zero-order valence-corrected chi connectivity index (χ0v) is 13.2. The number of nitrogens with zero attached hydrogens (tertiary/aromatic N) is 4. The molecule has 1 saturated heterocycles. The minimum absolute atomic E-state index is 0.287. The van der Waals surface area contributed by atoms with Crippen molar-refractivity contribution in [2.24, 2.45) is 0 Å². The first-order valence-corrected chi connectivity index (χ1v) is 7.66. The summed E-state index contributed by atoms with van der Waals surface area (Å²) in [5.74, 6) is 2.73. The van der Waals surface area contributed by atoms with E-state index in [1.807, 2.05) is 24.3 Å². The fourth-order valence-electron chi connectivity index (χ4n) is 2.56. The molecule has 23 heavy (non-hydrogen) atoms. The number of benzene rings is 1. The third-order valence-corrected chi connectivity index (χ3v) is 3.90. The Bertz CT molecular complexity index is 607. The molecule has 1 aromatic heterocycles. The van der Waals surface area contributed by atoms with E-state index in [1.54, 1.807) is 7.11 Å². The SMILES string of the molecule is COc1ccc(OCCN2CCN(c3nc(N)n[nH]3)CC2)cc1. The van der Waals surface area contributed by atoms with E-state index in [0.717, 1.165) is 50.2 Å². The number of H-pyrrole nitrogens is 1. The van der Waals surface area contributed by atoms with Gasteiger partial charge in [-0.2, -0.15) is 4.98 Å². The van der Waals surface area contributed by atoms with Crippen LogP contribution in [-0.4, -0.2) is 66.5 Å². The number of aromatic nitrogens is 3. The third-order valence-electron chi connectivity index (χ3n) is 3.90. The predicted octanol–water partition coefficient (Wildman–Crippen LogP) is 0.597. The number of nitrogens with one attached hydrogen (secondary N) is 1. The van der Waals surface area contributed by atoms with Crippen molar-refractivity contribution in [3.63, 3.8) is 0 Å². The van der Waals surface area contributed by atoms with Crippen LogP contribution in [0.3, 0.4) is 0 Å². The van der Waals surface area contributed by atoms with E-state index in [0.29, 0.717) is 6.61 Å². The molecule has 2 heterocycles. The summed E-state index contributed by atoms with van der Waals surface area (Å²) in [5.41, 5.74) is 5.54. The first kappa shape index (κ1) is 15.4. The van der Waals surface area contributed by atoms with Gasteiger partial charge in [-0.25, -0.2) is 5.10 Å². The average Bonchev–Trinajstić information content (AvgIpc) is 3.03. The quantitative estimate of drug-likeness (QED) is 0.805. The number of anilines is 2. The molecule has 2 aromatic rings. The summed E-state index contributed by atoms with van der Waals surface area (Å²) in [5, 5.41) is 6.71. The lowest BCUT2D eigenvalue weighted by Gasteiger charge is -2.34. The van der Waals surface area contributed by atoms with E-state index in [1.165, 1.54) is 0 Å². The summed E-state index contributed by atoms with van der Waals surface area (Å²) in [4.78, 5) is 8.69. The van der Waals surface area contributed by atoms with Gasteiger partial charge in [-0.3, -0.25) is 4.90 Å². The molecule has 0 bridgehead atoms. The Balaban J connectivity index is 1.39. The first-order chi connectivity index (χ1) is 11.2.